The Morgan fingerprint density at radius 1 is 1.43 bits per heavy atom. The molecule has 1 heterocycles. The second kappa shape index (κ2) is 3.10. The second-order valence-electron chi connectivity index (χ2n) is 4.05. The number of para-hydroxylation sites is 1. The average molecular weight is 191 g/mol. The molecule has 0 unspecified atom stereocenters. The minimum absolute atomic E-state index is 0.0962. The van der Waals surface area contributed by atoms with Crippen molar-refractivity contribution in [2.24, 2.45) is 0 Å². The third kappa shape index (κ3) is 1.30. The fourth-order valence-corrected chi connectivity index (χ4v) is 1.52. The molecule has 1 N–H and O–H groups in total. The summed E-state index contributed by atoms with van der Waals surface area (Å²) in [5.41, 5.74) is 2.35. The molecule has 3 heteroatoms. The first-order chi connectivity index (χ1) is 6.65. The van der Waals surface area contributed by atoms with Gasteiger partial charge in [0.25, 0.3) is 0 Å². The van der Waals surface area contributed by atoms with Crippen LogP contribution < -0.4 is 0 Å². The van der Waals surface area contributed by atoms with E-state index in [1.807, 2.05) is 32.0 Å². The Hall–Kier alpha value is -1.35. The first-order valence-electron chi connectivity index (χ1n) is 4.59. The Labute approximate surface area is 82.4 Å². The molecule has 0 saturated carbocycles. The lowest BCUT2D eigenvalue weighted by molar-refractivity contribution is 0.219. The van der Waals surface area contributed by atoms with Gasteiger partial charge >= 0.3 is 0 Å². The van der Waals surface area contributed by atoms with Crippen LogP contribution in [0.15, 0.2) is 29.0 Å². The van der Waals surface area contributed by atoms with Gasteiger partial charge in [0.05, 0.1) is 6.61 Å². The molecule has 0 aliphatic carbocycles. The molecule has 2 aromatic rings. The van der Waals surface area contributed by atoms with Crippen molar-refractivity contribution in [1.82, 2.24) is 4.98 Å². The highest BCUT2D eigenvalue weighted by Gasteiger charge is 2.23. The van der Waals surface area contributed by atoms with Crippen LogP contribution in [0.5, 0.6) is 0 Å². The van der Waals surface area contributed by atoms with Crippen LogP contribution in [0.3, 0.4) is 0 Å². The molecule has 0 amide bonds. The first-order valence-corrected chi connectivity index (χ1v) is 4.59. The lowest BCUT2D eigenvalue weighted by atomic mass is 9.85. The van der Waals surface area contributed by atoms with Gasteiger partial charge in [0, 0.05) is 5.41 Å². The third-order valence-corrected chi connectivity index (χ3v) is 2.48. The van der Waals surface area contributed by atoms with E-state index in [2.05, 4.69) is 4.98 Å². The number of oxazole rings is 1. The van der Waals surface area contributed by atoms with E-state index in [-0.39, 0.29) is 12.0 Å². The minimum Gasteiger partial charge on any atom is -0.443 e. The largest absolute Gasteiger partial charge is 0.443 e. The zero-order valence-corrected chi connectivity index (χ0v) is 8.32. The van der Waals surface area contributed by atoms with Crippen LogP contribution in [-0.2, 0) is 5.41 Å². The summed E-state index contributed by atoms with van der Waals surface area (Å²) in [5.74, 6) is 0. The lowest BCUT2D eigenvalue weighted by Crippen LogP contribution is -2.22. The van der Waals surface area contributed by atoms with Crippen LogP contribution in [0.1, 0.15) is 19.4 Å². The minimum atomic E-state index is -0.281. The SMILES string of the molecule is CC(C)(CO)c1cccc2ocnc12. The highest BCUT2D eigenvalue weighted by molar-refractivity contribution is 5.77. The zero-order chi connectivity index (χ0) is 10.2. The van der Waals surface area contributed by atoms with Gasteiger partial charge in [0.15, 0.2) is 12.0 Å². The maximum atomic E-state index is 9.29. The number of aliphatic hydroxyl groups is 1. The van der Waals surface area contributed by atoms with Crippen molar-refractivity contribution < 1.29 is 9.52 Å². The van der Waals surface area contributed by atoms with Gasteiger partial charge < -0.3 is 9.52 Å². The van der Waals surface area contributed by atoms with Gasteiger partial charge in [0.2, 0.25) is 0 Å². The number of nitrogens with zero attached hydrogens (tertiary/aromatic N) is 1. The maximum absolute atomic E-state index is 9.29. The van der Waals surface area contributed by atoms with Gasteiger partial charge in [-0.1, -0.05) is 26.0 Å². The van der Waals surface area contributed by atoms with Crippen molar-refractivity contribution in [1.29, 1.82) is 0 Å². The molecule has 74 valence electrons. The quantitative estimate of drug-likeness (QED) is 0.790. The van der Waals surface area contributed by atoms with Crippen LogP contribution in [0.2, 0.25) is 0 Å². The number of hydrogen-bond donors (Lipinski definition) is 1. The molecule has 3 nitrogen and oxygen atoms in total. The molecular weight excluding hydrogens is 178 g/mol. The highest BCUT2D eigenvalue weighted by atomic mass is 16.3. The molecule has 2 rings (SSSR count). The van der Waals surface area contributed by atoms with Crippen molar-refractivity contribution in [2.75, 3.05) is 6.61 Å². The topological polar surface area (TPSA) is 46.3 Å². The van der Waals surface area contributed by atoms with E-state index < -0.39 is 0 Å². The van der Waals surface area contributed by atoms with Crippen LogP contribution in [-0.4, -0.2) is 16.7 Å². The van der Waals surface area contributed by atoms with E-state index in [4.69, 9.17) is 4.42 Å². The van der Waals surface area contributed by atoms with E-state index in [1.54, 1.807) is 0 Å². The van der Waals surface area contributed by atoms with Gasteiger partial charge in [-0.25, -0.2) is 4.98 Å². The molecule has 0 saturated heterocycles. The molecule has 0 aliphatic heterocycles. The summed E-state index contributed by atoms with van der Waals surface area (Å²) in [4.78, 5) is 4.16. The summed E-state index contributed by atoms with van der Waals surface area (Å²) < 4.78 is 5.21. The van der Waals surface area contributed by atoms with E-state index in [0.29, 0.717) is 0 Å². The van der Waals surface area contributed by atoms with Gasteiger partial charge in [-0.3, -0.25) is 0 Å². The molecule has 1 aromatic heterocycles. The molecule has 0 spiro atoms. The Kier molecular flexibility index (Phi) is 2.04. The second-order valence-corrected chi connectivity index (χ2v) is 4.05. The summed E-state index contributed by atoms with van der Waals surface area (Å²) in [6, 6.07) is 5.76. The normalized spacial score (nSPS) is 12.2. The summed E-state index contributed by atoms with van der Waals surface area (Å²) in [6.45, 7) is 4.06. The van der Waals surface area contributed by atoms with Crippen LogP contribution in [0.4, 0.5) is 0 Å². The highest BCUT2D eigenvalue weighted by Crippen LogP contribution is 2.28. The van der Waals surface area contributed by atoms with E-state index in [9.17, 15) is 5.11 Å². The smallest absolute Gasteiger partial charge is 0.181 e. The Morgan fingerprint density at radius 3 is 2.93 bits per heavy atom. The lowest BCUT2D eigenvalue weighted by Gasteiger charge is -2.21. The van der Waals surface area contributed by atoms with Crippen LogP contribution in [0.25, 0.3) is 11.1 Å². The summed E-state index contributed by atoms with van der Waals surface area (Å²) >= 11 is 0. The van der Waals surface area contributed by atoms with Crippen molar-refractivity contribution in [3.8, 4) is 0 Å². The van der Waals surface area contributed by atoms with Crippen molar-refractivity contribution in [3.63, 3.8) is 0 Å². The maximum Gasteiger partial charge on any atom is 0.181 e. The summed E-state index contributed by atoms with van der Waals surface area (Å²) in [7, 11) is 0. The molecule has 0 fully saturated rings. The molecular formula is C11H13NO2. The van der Waals surface area contributed by atoms with Crippen molar-refractivity contribution >= 4 is 11.1 Å². The van der Waals surface area contributed by atoms with E-state index in [1.165, 1.54) is 6.39 Å². The van der Waals surface area contributed by atoms with Gasteiger partial charge in [-0.15, -0.1) is 0 Å². The third-order valence-electron chi connectivity index (χ3n) is 2.48. The zero-order valence-electron chi connectivity index (χ0n) is 8.32. The Morgan fingerprint density at radius 2 is 2.21 bits per heavy atom. The Bertz CT molecular complexity index is 445. The summed E-state index contributed by atoms with van der Waals surface area (Å²) in [5, 5.41) is 9.29. The van der Waals surface area contributed by atoms with Crippen LogP contribution >= 0.6 is 0 Å². The number of aliphatic hydroxyl groups excluding tert-OH is 1. The van der Waals surface area contributed by atoms with E-state index in [0.717, 1.165) is 16.7 Å². The standard InChI is InChI=1S/C11H13NO2/c1-11(2,6-13)8-4-3-5-9-10(8)12-7-14-9/h3-5,7,13H,6H2,1-2H3. The number of hydrogen-bond acceptors (Lipinski definition) is 3. The molecule has 0 radical (unpaired) electrons. The van der Waals surface area contributed by atoms with E-state index >= 15 is 0 Å². The number of aromatic nitrogens is 1. The number of benzene rings is 1. The first kappa shape index (κ1) is 9.21. The molecule has 0 atom stereocenters. The number of fused-ring (bicyclic) bond motifs is 1. The monoisotopic (exact) mass is 191 g/mol. The predicted octanol–water partition coefficient (Wildman–Crippen LogP) is 2.10. The molecule has 14 heavy (non-hydrogen) atoms. The van der Waals surface area contributed by atoms with Gasteiger partial charge in [0.1, 0.15) is 5.52 Å². The van der Waals surface area contributed by atoms with Crippen molar-refractivity contribution in [3.05, 3.63) is 30.2 Å². The fourth-order valence-electron chi connectivity index (χ4n) is 1.52. The molecule has 1 aromatic carbocycles. The Balaban J connectivity index is 2.67. The average Bonchev–Trinajstić information content (AvgIpc) is 2.64. The summed E-state index contributed by atoms with van der Waals surface area (Å²) in [6.07, 6.45) is 1.43. The van der Waals surface area contributed by atoms with Crippen LogP contribution in [0, 0.1) is 0 Å². The van der Waals surface area contributed by atoms with Crippen molar-refractivity contribution in [2.45, 2.75) is 19.3 Å². The fraction of sp³-hybridized carbons (Fsp3) is 0.364. The number of rotatable bonds is 2. The van der Waals surface area contributed by atoms with Gasteiger partial charge in [-0.05, 0) is 11.6 Å². The van der Waals surface area contributed by atoms with Gasteiger partial charge in [-0.2, -0.15) is 0 Å². The molecule has 0 aliphatic rings. The predicted molar refractivity (Wildman–Crippen MR) is 54.1 cm³/mol. The molecule has 0 bridgehead atoms.